The number of anilines is 2. The molecule has 3 rings (SSSR count). The van der Waals surface area contributed by atoms with Gasteiger partial charge < -0.3 is 15.1 Å². The maximum absolute atomic E-state index is 12.9. The average molecular weight is 412 g/mol. The summed E-state index contributed by atoms with van der Waals surface area (Å²) in [5.74, 6) is 0.443. The topological polar surface area (TPSA) is 79.9 Å². The normalized spacial score (nSPS) is 16.7. The quantitative estimate of drug-likeness (QED) is 0.542. The molecule has 0 radical (unpaired) electrons. The van der Waals surface area contributed by atoms with Crippen molar-refractivity contribution in [3.05, 3.63) is 64.2 Å². The Bertz CT molecular complexity index is 876. The van der Waals surface area contributed by atoms with E-state index in [9.17, 15) is 14.9 Å². The predicted octanol–water partition coefficient (Wildman–Crippen LogP) is 2.84. The molecular weight excluding hydrogens is 380 g/mol. The van der Waals surface area contributed by atoms with Crippen LogP contribution in [0.5, 0.6) is 0 Å². The molecule has 0 unspecified atom stereocenters. The van der Waals surface area contributed by atoms with Crippen molar-refractivity contribution in [1.82, 2.24) is 0 Å². The lowest BCUT2D eigenvalue weighted by molar-refractivity contribution is -0.914. The second-order valence-corrected chi connectivity index (χ2v) is 8.03. The van der Waals surface area contributed by atoms with E-state index in [4.69, 9.17) is 0 Å². The van der Waals surface area contributed by atoms with Crippen LogP contribution in [0.3, 0.4) is 0 Å². The van der Waals surface area contributed by atoms with Crippen molar-refractivity contribution in [3.8, 4) is 0 Å². The summed E-state index contributed by atoms with van der Waals surface area (Å²) in [4.78, 5) is 26.8. The fraction of sp³-hybridized carbons (Fsp3) is 0.435. The summed E-state index contributed by atoms with van der Waals surface area (Å²) in [6, 6.07) is 14.6. The Kier molecular flexibility index (Phi) is 7.05. The number of nitro groups is 1. The molecule has 7 nitrogen and oxygen atoms in total. The minimum absolute atomic E-state index is 0.0459. The number of carbonyl (C=O) groups excluding carboxylic acids is 1. The lowest BCUT2D eigenvalue weighted by Gasteiger charge is -2.36. The van der Waals surface area contributed by atoms with E-state index in [0.717, 1.165) is 44.0 Å². The van der Waals surface area contributed by atoms with E-state index in [1.807, 2.05) is 25.1 Å². The molecule has 2 aromatic rings. The number of nitro benzene ring substituents is 1. The highest BCUT2D eigenvalue weighted by atomic mass is 16.6. The molecule has 160 valence electrons. The molecule has 2 aromatic carbocycles. The summed E-state index contributed by atoms with van der Waals surface area (Å²) < 4.78 is 0. The Morgan fingerprint density at radius 2 is 1.77 bits per heavy atom. The summed E-state index contributed by atoms with van der Waals surface area (Å²) in [6.45, 7) is 9.63. The number of amides is 1. The van der Waals surface area contributed by atoms with Gasteiger partial charge in [0.1, 0.15) is 0 Å². The van der Waals surface area contributed by atoms with E-state index < -0.39 is 0 Å². The smallest absolute Gasteiger partial charge is 0.282 e. The van der Waals surface area contributed by atoms with Crippen LogP contribution in [-0.4, -0.2) is 43.1 Å². The van der Waals surface area contributed by atoms with Crippen molar-refractivity contribution >= 4 is 23.0 Å². The molecule has 0 saturated carbocycles. The van der Waals surface area contributed by atoms with E-state index in [1.165, 1.54) is 10.5 Å². The van der Waals surface area contributed by atoms with Gasteiger partial charge >= 0.3 is 0 Å². The Labute approximate surface area is 177 Å². The highest BCUT2D eigenvalue weighted by molar-refractivity contribution is 5.94. The van der Waals surface area contributed by atoms with Crippen molar-refractivity contribution in [1.29, 1.82) is 0 Å². The summed E-state index contributed by atoms with van der Waals surface area (Å²) in [7, 11) is 0. The molecule has 1 aliphatic heterocycles. The third kappa shape index (κ3) is 4.97. The number of rotatable bonds is 7. The van der Waals surface area contributed by atoms with Crippen LogP contribution in [0.25, 0.3) is 0 Å². The first-order valence-electron chi connectivity index (χ1n) is 10.6. The number of non-ortho nitro benzene ring substituents is 1. The van der Waals surface area contributed by atoms with Gasteiger partial charge in [0.15, 0.2) is 6.04 Å². The van der Waals surface area contributed by atoms with Crippen molar-refractivity contribution in [2.75, 3.05) is 36.4 Å². The van der Waals surface area contributed by atoms with Crippen LogP contribution in [-0.2, 0) is 4.79 Å². The fourth-order valence-electron chi connectivity index (χ4n) is 3.96. The number of benzene rings is 2. The molecular formula is C23H31N4O3+. The second-order valence-electron chi connectivity index (χ2n) is 8.03. The summed E-state index contributed by atoms with van der Waals surface area (Å²) >= 11 is 0. The predicted molar refractivity (Wildman–Crippen MR) is 119 cm³/mol. The van der Waals surface area contributed by atoms with E-state index >= 15 is 0 Å². The average Bonchev–Trinajstić information content (AvgIpc) is 2.78. The van der Waals surface area contributed by atoms with Gasteiger partial charge in [-0.25, -0.2) is 0 Å². The van der Waals surface area contributed by atoms with E-state index in [0.29, 0.717) is 5.92 Å². The molecule has 0 aromatic heterocycles. The van der Waals surface area contributed by atoms with Crippen molar-refractivity contribution in [2.45, 2.75) is 39.2 Å². The van der Waals surface area contributed by atoms with Gasteiger partial charge in [-0.1, -0.05) is 32.0 Å². The van der Waals surface area contributed by atoms with Crippen LogP contribution in [0.1, 0.15) is 38.7 Å². The van der Waals surface area contributed by atoms with Gasteiger partial charge in [-0.3, -0.25) is 14.9 Å². The van der Waals surface area contributed by atoms with E-state index in [2.05, 4.69) is 30.1 Å². The van der Waals surface area contributed by atoms with Gasteiger partial charge in [-0.2, -0.15) is 0 Å². The molecule has 0 aliphatic carbocycles. The van der Waals surface area contributed by atoms with Gasteiger partial charge in [-0.15, -0.1) is 0 Å². The van der Waals surface area contributed by atoms with Crippen LogP contribution < -0.4 is 15.1 Å². The van der Waals surface area contributed by atoms with E-state index in [1.54, 1.807) is 24.3 Å². The number of piperazine rings is 1. The molecule has 1 amide bonds. The molecule has 0 spiro atoms. The molecule has 2 N–H and O–H groups in total. The maximum Gasteiger partial charge on any atom is 0.282 e. The number of para-hydroxylation sites is 1. The lowest BCUT2D eigenvalue weighted by atomic mass is 9.97. The van der Waals surface area contributed by atoms with Crippen molar-refractivity contribution in [3.63, 3.8) is 0 Å². The number of hydrogen-bond donors (Lipinski definition) is 2. The van der Waals surface area contributed by atoms with Gasteiger partial charge in [0.05, 0.1) is 31.1 Å². The molecule has 1 heterocycles. The molecule has 1 fully saturated rings. The Morgan fingerprint density at radius 3 is 2.37 bits per heavy atom. The Balaban J connectivity index is 1.58. The number of quaternary nitrogens is 1. The van der Waals surface area contributed by atoms with Crippen LogP contribution in [0.4, 0.5) is 17.1 Å². The minimum atomic E-state index is -0.383. The molecule has 30 heavy (non-hydrogen) atoms. The van der Waals surface area contributed by atoms with Crippen molar-refractivity contribution < 1.29 is 14.6 Å². The molecule has 1 saturated heterocycles. The zero-order chi connectivity index (χ0) is 21.7. The van der Waals surface area contributed by atoms with Crippen LogP contribution in [0, 0.1) is 10.1 Å². The number of hydrogen-bond acceptors (Lipinski definition) is 4. The monoisotopic (exact) mass is 411 g/mol. The fourth-order valence-corrected chi connectivity index (χ4v) is 3.96. The second kappa shape index (κ2) is 9.71. The van der Waals surface area contributed by atoms with Gasteiger partial charge in [0.25, 0.3) is 11.6 Å². The standard InChI is InChI=1S/C23H30N4O3/c1-4-17(2)21-7-5-6-8-22(21)24-23(28)18(3)25-13-15-26(16-14-25)19-9-11-20(12-10-19)27(29)30/h5-12,17-18H,4,13-16H2,1-3H3,(H,24,28)/p+1/t17-,18-/m1/s1. The maximum atomic E-state index is 12.9. The SMILES string of the molecule is CC[C@@H](C)c1ccccc1NC(=O)[C@@H](C)[NH+]1CCN(c2ccc([N+](=O)[O-])cc2)CC1. The van der Waals surface area contributed by atoms with Crippen LogP contribution in [0.15, 0.2) is 48.5 Å². The Hall–Kier alpha value is -2.93. The van der Waals surface area contributed by atoms with Gasteiger partial charge in [-0.05, 0) is 43.0 Å². The zero-order valence-corrected chi connectivity index (χ0v) is 17.9. The highest BCUT2D eigenvalue weighted by Crippen LogP contribution is 2.26. The third-order valence-corrected chi connectivity index (χ3v) is 6.20. The first-order valence-corrected chi connectivity index (χ1v) is 10.6. The lowest BCUT2D eigenvalue weighted by Crippen LogP contribution is -3.19. The van der Waals surface area contributed by atoms with Gasteiger partial charge in [0.2, 0.25) is 0 Å². The number of nitrogens with zero attached hydrogens (tertiary/aromatic N) is 2. The first kappa shape index (κ1) is 21.8. The van der Waals surface area contributed by atoms with Crippen LogP contribution in [0.2, 0.25) is 0 Å². The summed E-state index contributed by atoms with van der Waals surface area (Å²) in [5.41, 5.74) is 3.18. The summed E-state index contributed by atoms with van der Waals surface area (Å²) in [6.07, 6.45) is 1.03. The van der Waals surface area contributed by atoms with Crippen molar-refractivity contribution in [2.24, 2.45) is 0 Å². The largest absolute Gasteiger partial charge is 0.360 e. The molecule has 1 aliphatic rings. The first-order chi connectivity index (χ1) is 14.4. The molecule has 0 bridgehead atoms. The van der Waals surface area contributed by atoms with E-state index in [-0.39, 0.29) is 22.6 Å². The van der Waals surface area contributed by atoms with Gasteiger partial charge in [0, 0.05) is 23.5 Å². The number of carbonyl (C=O) groups is 1. The summed E-state index contributed by atoms with van der Waals surface area (Å²) in [5, 5.41) is 14.0. The van der Waals surface area contributed by atoms with Crippen LogP contribution >= 0.6 is 0 Å². The third-order valence-electron chi connectivity index (χ3n) is 6.20. The zero-order valence-electron chi connectivity index (χ0n) is 17.9. The minimum Gasteiger partial charge on any atom is -0.360 e. The highest BCUT2D eigenvalue weighted by Gasteiger charge is 2.30. The molecule has 2 atom stereocenters. The number of nitrogens with one attached hydrogen (secondary N) is 2. The Morgan fingerprint density at radius 1 is 1.13 bits per heavy atom. The molecule has 7 heteroatoms.